The van der Waals surface area contributed by atoms with Crippen LogP contribution in [-0.4, -0.2) is 12.0 Å². The highest BCUT2D eigenvalue weighted by Gasteiger charge is 2.37. The molecule has 2 heterocycles. The van der Waals surface area contributed by atoms with Gasteiger partial charge in [-0.25, -0.2) is 0 Å². The molecule has 0 spiro atoms. The number of pyridine rings is 1. The van der Waals surface area contributed by atoms with Gasteiger partial charge in [-0.1, -0.05) is 95.0 Å². The number of rotatable bonds is 6. The average Bonchev–Trinajstić information content (AvgIpc) is 3.05. The van der Waals surface area contributed by atoms with Gasteiger partial charge in [0.1, 0.15) is 0 Å². The van der Waals surface area contributed by atoms with Gasteiger partial charge in [0.05, 0.1) is 0 Å². The van der Waals surface area contributed by atoms with E-state index in [-0.39, 0.29) is 10.8 Å². The first-order valence-corrected chi connectivity index (χ1v) is 12.2. The second kappa shape index (κ2) is 9.54. The van der Waals surface area contributed by atoms with Crippen molar-refractivity contribution in [3.05, 3.63) is 137 Å². The lowest BCUT2D eigenvalue weighted by molar-refractivity contribution is 0.637. The minimum Gasteiger partial charge on any atom is -0.347 e. The van der Waals surface area contributed by atoms with E-state index in [2.05, 4.69) is 143 Å². The van der Waals surface area contributed by atoms with E-state index in [1.54, 1.807) is 0 Å². The molecule has 0 saturated heterocycles. The summed E-state index contributed by atoms with van der Waals surface area (Å²) in [7, 11) is 2.15. The summed E-state index contributed by atoms with van der Waals surface area (Å²) in [5.74, 6) is 0. The number of benzene rings is 2. The number of allylic oxidation sites excluding steroid dienone is 7. The van der Waals surface area contributed by atoms with Crippen molar-refractivity contribution in [2.24, 2.45) is 0 Å². The van der Waals surface area contributed by atoms with Gasteiger partial charge in [0.15, 0.2) is 0 Å². The highest BCUT2D eigenvalue weighted by Crippen LogP contribution is 2.46. The molecule has 0 unspecified atom stereocenters. The molecule has 0 aliphatic carbocycles. The van der Waals surface area contributed by atoms with Crippen LogP contribution in [0.1, 0.15) is 49.9 Å². The van der Waals surface area contributed by atoms with Crippen LogP contribution in [0.2, 0.25) is 0 Å². The normalized spacial score (nSPS) is 16.7. The Hall–Kier alpha value is -3.65. The SMILES string of the molecule is C=C(/C=C/C(=C/C=C1/N(C)c2ccccc2C1(C)C)c1ccncc1)C(C)(C)c1ccccc1C. The number of hydrogen-bond donors (Lipinski definition) is 0. The predicted molar refractivity (Wildman–Crippen MR) is 151 cm³/mol. The lowest BCUT2D eigenvalue weighted by Crippen LogP contribution is -2.22. The van der Waals surface area contributed by atoms with Crippen molar-refractivity contribution in [2.45, 2.75) is 45.4 Å². The molecule has 0 fully saturated rings. The Labute approximate surface area is 211 Å². The van der Waals surface area contributed by atoms with Crippen molar-refractivity contribution in [2.75, 3.05) is 11.9 Å². The highest BCUT2D eigenvalue weighted by molar-refractivity contribution is 5.77. The number of likely N-dealkylation sites (N-methyl/N-ethyl adjacent to an activating group) is 1. The number of para-hydroxylation sites is 1. The Bertz CT molecular complexity index is 1320. The third-order valence-corrected chi connectivity index (χ3v) is 7.46. The van der Waals surface area contributed by atoms with E-state index in [0.29, 0.717) is 0 Å². The zero-order valence-electron chi connectivity index (χ0n) is 21.8. The van der Waals surface area contributed by atoms with Crippen LogP contribution in [0.3, 0.4) is 0 Å². The molecular weight excluding hydrogens is 424 g/mol. The molecule has 1 aromatic heterocycles. The number of nitrogens with zero attached hydrogens (tertiary/aromatic N) is 2. The molecule has 3 aromatic rings. The van der Waals surface area contributed by atoms with E-state index in [0.717, 1.165) is 16.7 Å². The van der Waals surface area contributed by atoms with Crippen LogP contribution in [0.15, 0.2) is 115 Å². The first kappa shape index (κ1) is 24.5. The molecule has 0 N–H and O–H groups in total. The molecular formula is C33H36N2. The van der Waals surface area contributed by atoms with E-state index >= 15 is 0 Å². The van der Waals surface area contributed by atoms with E-state index in [1.165, 1.54) is 28.1 Å². The Morgan fingerprint density at radius 2 is 1.60 bits per heavy atom. The molecule has 2 heteroatoms. The zero-order chi connectivity index (χ0) is 25.2. The summed E-state index contributed by atoms with van der Waals surface area (Å²) in [5, 5.41) is 0. The monoisotopic (exact) mass is 460 g/mol. The second-order valence-corrected chi connectivity index (χ2v) is 10.4. The Kier molecular flexibility index (Phi) is 6.67. The van der Waals surface area contributed by atoms with Crippen molar-refractivity contribution in [1.29, 1.82) is 0 Å². The van der Waals surface area contributed by atoms with Gasteiger partial charge in [-0.15, -0.1) is 0 Å². The fraction of sp³-hybridized carbons (Fsp3) is 0.242. The van der Waals surface area contributed by atoms with Crippen LogP contribution >= 0.6 is 0 Å². The molecule has 35 heavy (non-hydrogen) atoms. The third-order valence-electron chi connectivity index (χ3n) is 7.46. The van der Waals surface area contributed by atoms with E-state index in [9.17, 15) is 0 Å². The third kappa shape index (κ3) is 4.66. The number of anilines is 1. The quantitative estimate of drug-likeness (QED) is 0.345. The van der Waals surface area contributed by atoms with Gasteiger partial charge in [-0.2, -0.15) is 0 Å². The summed E-state index contributed by atoms with van der Waals surface area (Å²) >= 11 is 0. The smallest absolute Gasteiger partial charge is 0.0447 e. The van der Waals surface area contributed by atoms with E-state index < -0.39 is 0 Å². The Balaban J connectivity index is 1.71. The maximum Gasteiger partial charge on any atom is 0.0447 e. The van der Waals surface area contributed by atoms with Gasteiger partial charge in [0, 0.05) is 41.7 Å². The summed E-state index contributed by atoms with van der Waals surface area (Å²) in [5.41, 5.74) is 9.59. The van der Waals surface area contributed by atoms with E-state index in [4.69, 9.17) is 0 Å². The van der Waals surface area contributed by atoms with Crippen molar-refractivity contribution in [1.82, 2.24) is 4.98 Å². The number of hydrogen-bond acceptors (Lipinski definition) is 2. The summed E-state index contributed by atoms with van der Waals surface area (Å²) in [6.45, 7) is 15.7. The van der Waals surface area contributed by atoms with Crippen LogP contribution in [-0.2, 0) is 10.8 Å². The van der Waals surface area contributed by atoms with E-state index in [1.807, 2.05) is 12.4 Å². The molecule has 4 rings (SSSR count). The van der Waals surface area contributed by atoms with Crippen LogP contribution in [0.5, 0.6) is 0 Å². The molecule has 0 atom stereocenters. The van der Waals surface area contributed by atoms with Crippen molar-refractivity contribution >= 4 is 11.3 Å². The molecule has 2 nitrogen and oxygen atoms in total. The largest absolute Gasteiger partial charge is 0.347 e. The molecule has 1 aliphatic rings. The number of aromatic nitrogens is 1. The minimum atomic E-state index is -0.168. The fourth-order valence-corrected chi connectivity index (χ4v) is 5.11. The van der Waals surface area contributed by atoms with Crippen LogP contribution < -0.4 is 4.90 Å². The lowest BCUT2D eigenvalue weighted by Gasteiger charge is -2.28. The van der Waals surface area contributed by atoms with Crippen LogP contribution in [0, 0.1) is 6.92 Å². The Morgan fingerprint density at radius 3 is 2.29 bits per heavy atom. The molecule has 1 aliphatic heterocycles. The zero-order valence-corrected chi connectivity index (χ0v) is 21.8. The van der Waals surface area contributed by atoms with Gasteiger partial charge in [0.25, 0.3) is 0 Å². The van der Waals surface area contributed by atoms with Crippen molar-refractivity contribution < 1.29 is 0 Å². The summed E-state index contributed by atoms with van der Waals surface area (Å²) in [6.07, 6.45) is 12.5. The number of fused-ring (bicyclic) bond motifs is 1. The maximum absolute atomic E-state index is 4.46. The Morgan fingerprint density at radius 1 is 0.943 bits per heavy atom. The summed E-state index contributed by atoms with van der Waals surface area (Å²) < 4.78 is 0. The lowest BCUT2D eigenvalue weighted by atomic mass is 9.76. The van der Waals surface area contributed by atoms with Crippen LogP contribution in [0.4, 0.5) is 5.69 Å². The molecule has 178 valence electrons. The number of aryl methyl sites for hydroxylation is 1. The molecule has 0 saturated carbocycles. The highest BCUT2D eigenvalue weighted by atomic mass is 15.2. The summed E-state index contributed by atoms with van der Waals surface area (Å²) in [4.78, 5) is 6.52. The van der Waals surface area contributed by atoms with Gasteiger partial charge in [0.2, 0.25) is 0 Å². The molecule has 0 amide bonds. The standard InChI is InChI=1S/C33H36N2/c1-24-12-8-9-13-28(24)32(3,4)25(2)16-17-26(27-20-22-34-23-21-27)18-19-31-33(5,6)29-14-10-11-15-30(29)35(31)7/h8-23H,2H2,1,3-7H3/b17-16+,26-18-,31-19+. The molecule has 0 radical (unpaired) electrons. The first-order chi connectivity index (χ1) is 16.6. The molecule has 0 bridgehead atoms. The van der Waals surface area contributed by atoms with Crippen molar-refractivity contribution in [3.63, 3.8) is 0 Å². The van der Waals surface area contributed by atoms with Gasteiger partial charge in [-0.3, -0.25) is 4.98 Å². The average molecular weight is 461 g/mol. The summed E-state index contributed by atoms with van der Waals surface area (Å²) in [6, 6.07) is 21.3. The maximum atomic E-state index is 4.46. The first-order valence-electron chi connectivity index (χ1n) is 12.2. The topological polar surface area (TPSA) is 16.1 Å². The van der Waals surface area contributed by atoms with Crippen molar-refractivity contribution in [3.8, 4) is 0 Å². The van der Waals surface area contributed by atoms with Gasteiger partial charge >= 0.3 is 0 Å². The predicted octanol–water partition coefficient (Wildman–Crippen LogP) is 8.18. The van der Waals surface area contributed by atoms with Gasteiger partial charge < -0.3 is 4.90 Å². The minimum absolute atomic E-state index is 0.0642. The second-order valence-electron chi connectivity index (χ2n) is 10.4. The van der Waals surface area contributed by atoms with Crippen LogP contribution in [0.25, 0.3) is 5.57 Å². The van der Waals surface area contributed by atoms with Gasteiger partial charge in [-0.05, 0) is 64.6 Å². The molecule has 2 aromatic carbocycles. The fourth-order valence-electron chi connectivity index (χ4n) is 5.11.